The van der Waals surface area contributed by atoms with Gasteiger partial charge in [0.1, 0.15) is 0 Å². The molecule has 0 heteroatoms. The van der Waals surface area contributed by atoms with Gasteiger partial charge in [0, 0.05) is 0 Å². The van der Waals surface area contributed by atoms with Crippen molar-refractivity contribution in [3.05, 3.63) is 0 Å². The Morgan fingerprint density at radius 3 is 0.688 bits per heavy atom. The lowest BCUT2D eigenvalue weighted by Crippen LogP contribution is -1.85. The van der Waals surface area contributed by atoms with Crippen molar-refractivity contribution >= 4 is 0 Å². The number of rotatable bonds is 4. The molecule has 1 saturated carbocycles. The minimum atomic E-state index is 1.34. The summed E-state index contributed by atoms with van der Waals surface area (Å²) in [6, 6.07) is 0. The molecule has 0 amide bonds. The molecule has 0 N–H and O–H groups in total. The third-order valence-corrected chi connectivity index (χ3v) is 2.41. The summed E-state index contributed by atoms with van der Waals surface area (Å²) in [6.45, 7) is 12.8. The Bertz CT molecular complexity index is 48.4. The molecule has 0 aromatic heterocycles. The first-order valence-corrected chi connectivity index (χ1v) is 7.83. The lowest BCUT2D eigenvalue weighted by molar-refractivity contribution is 0.504. The van der Waals surface area contributed by atoms with E-state index >= 15 is 0 Å². The van der Waals surface area contributed by atoms with E-state index in [0.717, 1.165) is 0 Å². The number of unbranched alkanes of at least 4 members (excludes halogenated alkanes) is 4. The van der Waals surface area contributed by atoms with Crippen molar-refractivity contribution in [2.24, 2.45) is 0 Å². The highest BCUT2D eigenvalue weighted by Crippen LogP contribution is 2.15. The van der Waals surface area contributed by atoms with Gasteiger partial charge in [-0.1, -0.05) is 106 Å². The van der Waals surface area contributed by atoms with E-state index in [1.54, 1.807) is 0 Å². The first-order chi connectivity index (χ1) is 7.83. The van der Waals surface area contributed by atoms with E-state index in [-0.39, 0.29) is 0 Å². The predicted octanol–water partition coefficient (Wildman–Crippen LogP) is 6.98. The monoisotopic (exact) mass is 230 g/mol. The summed E-state index contributed by atoms with van der Waals surface area (Å²) < 4.78 is 0. The summed E-state index contributed by atoms with van der Waals surface area (Å²) in [7, 11) is 0. The van der Waals surface area contributed by atoms with Crippen LogP contribution in [0.3, 0.4) is 0 Å². The van der Waals surface area contributed by atoms with Gasteiger partial charge in [0.2, 0.25) is 0 Å². The third-order valence-electron chi connectivity index (χ3n) is 2.41. The molecule has 102 valence electrons. The molecule has 0 saturated heterocycles. The molecule has 0 radical (unpaired) electrons. The second kappa shape index (κ2) is 29.4. The standard InChI is InChI=1S/2C5H12.C4H8.C2H6/c2*1-3-5-4-2;1-2-4-3-1;1-2/h2*3-5H2,1-2H3;1-4H2;1-2H3. The van der Waals surface area contributed by atoms with Crippen molar-refractivity contribution in [2.75, 3.05) is 0 Å². The second-order valence-electron chi connectivity index (χ2n) is 4.12. The van der Waals surface area contributed by atoms with Gasteiger partial charge in [-0.2, -0.15) is 0 Å². The molecule has 1 aliphatic carbocycles. The molecule has 0 aromatic rings. The zero-order valence-electron chi connectivity index (χ0n) is 13.1. The van der Waals surface area contributed by atoms with Crippen LogP contribution in [0.1, 0.15) is 106 Å². The molecule has 0 unspecified atom stereocenters. The van der Waals surface area contributed by atoms with Crippen molar-refractivity contribution < 1.29 is 0 Å². The third kappa shape index (κ3) is 37.0. The van der Waals surface area contributed by atoms with E-state index < -0.39 is 0 Å². The van der Waals surface area contributed by atoms with Crippen LogP contribution in [0, 0.1) is 0 Å². The Balaban J connectivity index is -0.000000147. The molecule has 0 spiro atoms. The second-order valence-corrected chi connectivity index (χ2v) is 4.12. The largest absolute Gasteiger partial charge is 0.0683 e. The zero-order chi connectivity index (χ0) is 13.1. The Kier molecular flexibility index (Phi) is 39.1. The van der Waals surface area contributed by atoms with Crippen LogP contribution < -0.4 is 0 Å². The molecular formula is C16H38. The molecule has 1 rings (SSSR count). The van der Waals surface area contributed by atoms with Crippen molar-refractivity contribution in [3.63, 3.8) is 0 Å². The van der Waals surface area contributed by atoms with E-state index in [1.165, 1.54) is 64.2 Å². The lowest BCUT2D eigenvalue weighted by atomic mass is 10.0. The van der Waals surface area contributed by atoms with Gasteiger partial charge in [0.15, 0.2) is 0 Å². The van der Waals surface area contributed by atoms with Crippen LogP contribution in [0.4, 0.5) is 0 Å². The predicted molar refractivity (Wildman–Crippen MR) is 80.2 cm³/mol. The smallest absolute Gasteiger partial charge is 0.0533 e. The molecule has 0 heterocycles. The summed E-state index contributed by atoms with van der Waals surface area (Å²) in [5, 5.41) is 0. The van der Waals surface area contributed by atoms with Gasteiger partial charge in [-0.15, -0.1) is 0 Å². The number of hydrogen-bond acceptors (Lipinski definition) is 0. The lowest BCUT2D eigenvalue weighted by Gasteiger charge is -2.05. The van der Waals surface area contributed by atoms with Gasteiger partial charge >= 0.3 is 0 Å². The summed E-state index contributed by atoms with van der Waals surface area (Å²) in [5.74, 6) is 0. The molecular weight excluding hydrogens is 192 g/mol. The van der Waals surface area contributed by atoms with Gasteiger partial charge in [-0.05, 0) is 0 Å². The molecule has 0 atom stereocenters. The van der Waals surface area contributed by atoms with E-state index in [9.17, 15) is 0 Å². The van der Waals surface area contributed by atoms with Crippen molar-refractivity contribution in [1.29, 1.82) is 0 Å². The Hall–Kier alpha value is 0. The summed E-state index contributed by atoms with van der Waals surface area (Å²) in [4.78, 5) is 0. The molecule has 1 fully saturated rings. The van der Waals surface area contributed by atoms with Crippen LogP contribution in [0.2, 0.25) is 0 Å². The fraction of sp³-hybridized carbons (Fsp3) is 1.00. The zero-order valence-corrected chi connectivity index (χ0v) is 13.1. The summed E-state index contributed by atoms with van der Waals surface area (Å²) in [5.41, 5.74) is 0. The van der Waals surface area contributed by atoms with Crippen LogP contribution in [0.5, 0.6) is 0 Å². The Labute approximate surface area is 106 Å². The molecule has 16 heavy (non-hydrogen) atoms. The topological polar surface area (TPSA) is 0 Å². The van der Waals surface area contributed by atoms with Crippen LogP contribution >= 0.6 is 0 Å². The SMILES string of the molecule is C1CCC1.CC.CCCCC.CCCCC. The van der Waals surface area contributed by atoms with Gasteiger partial charge < -0.3 is 0 Å². The maximum absolute atomic E-state index is 2.21. The maximum atomic E-state index is 2.21. The van der Waals surface area contributed by atoms with Gasteiger partial charge in [-0.3, -0.25) is 0 Å². The van der Waals surface area contributed by atoms with E-state index in [1.807, 2.05) is 13.8 Å². The first kappa shape index (κ1) is 21.3. The fourth-order valence-corrected chi connectivity index (χ4v) is 0.957. The first-order valence-electron chi connectivity index (χ1n) is 7.83. The van der Waals surface area contributed by atoms with Crippen molar-refractivity contribution in [2.45, 2.75) is 106 Å². The van der Waals surface area contributed by atoms with Crippen molar-refractivity contribution in [1.82, 2.24) is 0 Å². The average Bonchev–Trinajstić information content (AvgIpc) is 2.22. The Morgan fingerprint density at radius 2 is 0.688 bits per heavy atom. The number of hydrogen-bond donors (Lipinski definition) is 0. The molecule has 0 aliphatic heterocycles. The molecule has 0 aromatic carbocycles. The van der Waals surface area contributed by atoms with Crippen molar-refractivity contribution in [3.8, 4) is 0 Å². The summed E-state index contributed by atoms with van der Waals surface area (Å²) in [6.07, 6.45) is 14.2. The fourth-order valence-electron chi connectivity index (χ4n) is 0.957. The van der Waals surface area contributed by atoms with Gasteiger partial charge in [0.25, 0.3) is 0 Å². The minimum absolute atomic E-state index is 1.34. The van der Waals surface area contributed by atoms with Crippen LogP contribution in [-0.2, 0) is 0 Å². The minimum Gasteiger partial charge on any atom is -0.0683 e. The van der Waals surface area contributed by atoms with Crippen LogP contribution in [0.25, 0.3) is 0 Å². The average molecular weight is 230 g/mol. The van der Waals surface area contributed by atoms with E-state index in [0.29, 0.717) is 0 Å². The van der Waals surface area contributed by atoms with Crippen LogP contribution in [-0.4, -0.2) is 0 Å². The van der Waals surface area contributed by atoms with E-state index in [4.69, 9.17) is 0 Å². The molecule has 0 nitrogen and oxygen atoms in total. The van der Waals surface area contributed by atoms with Gasteiger partial charge in [-0.25, -0.2) is 0 Å². The van der Waals surface area contributed by atoms with E-state index in [2.05, 4.69) is 27.7 Å². The van der Waals surface area contributed by atoms with Crippen LogP contribution in [0.15, 0.2) is 0 Å². The normalized spacial score (nSPS) is 11.6. The van der Waals surface area contributed by atoms with Gasteiger partial charge in [0.05, 0.1) is 0 Å². The highest BCUT2D eigenvalue weighted by molar-refractivity contribution is 4.50. The Morgan fingerprint density at radius 1 is 0.500 bits per heavy atom. The maximum Gasteiger partial charge on any atom is -0.0533 e. The quantitative estimate of drug-likeness (QED) is 0.488. The highest BCUT2D eigenvalue weighted by atomic mass is 14.0. The highest BCUT2D eigenvalue weighted by Gasteiger charge is 1.95. The molecule has 0 bridgehead atoms. The summed E-state index contributed by atoms with van der Waals surface area (Å²) >= 11 is 0. The molecule has 1 aliphatic rings.